The third-order valence-electron chi connectivity index (χ3n) is 4.17. The van der Waals surface area contributed by atoms with Crippen LogP contribution in [0.2, 0.25) is 0 Å². The maximum absolute atomic E-state index is 13.6. The van der Waals surface area contributed by atoms with Gasteiger partial charge in [0.25, 0.3) is 5.91 Å². The summed E-state index contributed by atoms with van der Waals surface area (Å²) in [6.07, 6.45) is 3.54. The molecule has 0 spiro atoms. The highest BCUT2D eigenvalue weighted by Gasteiger charge is 2.11. The average Bonchev–Trinajstić information content (AvgIpc) is 2.75. The van der Waals surface area contributed by atoms with Gasteiger partial charge in [-0.2, -0.15) is 0 Å². The highest BCUT2D eigenvalue weighted by Crippen LogP contribution is 2.27. The van der Waals surface area contributed by atoms with Gasteiger partial charge in [0, 0.05) is 6.54 Å². The quantitative estimate of drug-likeness (QED) is 0.606. The summed E-state index contributed by atoms with van der Waals surface area (Å²) in [6, 6.07) is 11.7. The van der Waals surface area contributed by atoms with Crippen molar-refractivity contribution in [2.24, 2.45) is 0 Å². The largest absolute Gasteiger partial charge is 0.493 e. The molecule has 0 atom stereocenters. The van der Waals surface area contributed by atoms with E-state index in [0.717, 1.165) is 12.0 Å². The van der Waals surface area contributed by atoms with Crippen LogP contribution in [-0.4, -0.2) is 36.6 Å². The number of nitrogens with zero attached hydrogens (tertiary/aromatic N) is 2. The van der Waals surface area contributed by atoms with Crippen LogP contribution in [0, 0.1) is 5.82 Å². The molecule has 2 aromatic carbocycles. The highest BCUT2D eigenvalue weighted by atomic mass is 19.1. The van der Waals surface area contributed by atoms with Crippen LogP contribution in [0.3, 0.4) is 0 Å². The molecule has 0 fully saturated rings. The van der Waals surface area contributed by atoms with Crippen LogP contribution in [0.4, 0.5) is 15.9 Å². The van der Waals surface area contributed by atoms with Gasteiger partial charge in [0.15, 0.2) is 11.5 Å². The van der Waals surface area contributed by atoms with Crippen LogP contribution in [0.1, 0.15) is 16.1 Å². The second-order valence-corrected chi connectivity index (χ2v) is 6.09. The van der Waals surface area contributed by atoms with E-state index in [9.17, 15) is 9.18 Å². The molecule has 3 aromatic rings. The Labute approximate surface area is 167 Å². The Morgan fingerprint density at radius 1 is 1.03 bits per heavy atom. The summed E-state index contributed by atoms with van der Waals surface area (Å²) < 4.78 is 24.1. The molecule has 7 nitrogen and oxygen atoms in total. The Balaban J connectivity index is 1.54. The van der Waals surface area contributed by atoms with E-state index >= 15 is 0 Å². The lowest BCUT2D eigenvalue weighted by molar-refractivity contribution is 0.102. The van der Waals surface area contributed by atoms with E-state index in [4.69, 9.17) is 9.47 Å². The summed E-state index contributed by atoms with van der Waals surface area (Å²) >= 11 is 0. The maximum Gasteiger partial charge on any atom is 0.275 e. The first-order chi connectivity index (χ1) is 14.1. The number of nitrogens with one attached hydrogen (secondary N) is 2. The number of amides is 1. The molecule has 1 aromatic heterocycles. The Bertz CT molecular complexity index is 980. The van der Waals surface area contributed by atoms with Crippen LogP contribution >= 0.6 is 0 Å². The molecule has 2 N–H and O–H groups in total. The standard InChI is InChI=1S/C21H21FN4O3/c1-28-18-8-7-14(11-19(18)29-2)9-10-23-20-13-24-17(12-25-20)21(27)26-16-6-4-3-5-15(16)22/h3-8,11-13H,9-10H2,1-2H3,(H,23,25)(H,26,27). The minimum atomic E-state index is -0.528. The molecular weight excluding hydrogens is 375 g/mol. The summed E-state index contributed by atoms with van der Waals surface area (Å²) in [5.74, 6) is 0.851. The summed E-state index contributed by atoms with van der Waals surface area (Å²) in [6.45, 7) is 0.616. The number of anilines is 2. The van der Waals surface area contributed by atoms with Gasteiger partial charge in [-0.15, -0.1) is 0 Å². The molecule has 0 aliphatic heterocycles. The molecule has 0 unspecified atom stereocenters. The van der Waals surface area contributed by atoms with Gasteiger partial charge in [0.2, 0.25) is 0 Å². The molecule has 0 saturated heterocycles. The summed E-state index contributed by atoms with van der Waals surface area (Å²) in [5.41, 5.74) is 1.26. The van der Waals surface area contributed by atoms with E-state index in [1.165, 1.54) is 24.5 Å². The Kier molecular flexibility index (Phi) is 6.57. The molecular formula is C21H21FN4O3. The molecule has 1 amide bonds. The molecule has 0 aliphatic carbocycles. The predicted octanol–water partition coefficient (Wildman–Crippen LogP) is 3.54. The zero-order valence-electron chi connectivity index (χ0n) is 16.1. The van der Waals surface area contributed by atoms with Gasteiger partial charge in [-0.25, -0.2) is 14.4 Å². The molecule has 1 heterocycles. The van der Waals surface area contributed by atoms with Gasteiger partial charge in [-0.1, -0.05) is 18.2 Å². The molecule has 8 heteroatoms. The minimum Gasteiger partial charge on any atom is -0.493 e. The highest BCUT2D eigenvalue weighted by molar-refractivity contribution is 6.02. The van der Waals surface area contributed by atoms with Gasteiger partial charge >= 0.3 is 0 Å². The molecule has 0 saturated carbocycles. The van der Waals surface area contributed by atoms with Gasteiger partial charge in [0.1, 0.15) is 17.3 Å². The van der Waals surface area contributed by atoms with Crippen molar-refractivity contribution in [3.63, 3.8) is 0 Å². The summed E-state index contributed by atoms with van der Waals surface area (Å²) in [5, 5.41) is 5.62. The number of aromatic nitrogens is 2. The second-order valence-electron chi connectivity index (χ2n) is 6.09. The van der Waals surface area contributed by atoms with Crippen LogP contribution in [0.15, 0.2) is 54.9 Å². The number of benzene rings is 2. The fraction of sp³-hybridized carbons (Fsp3) is 0.190. The van der Waals surface area contributed by atoms with Crippen LogP contribution in [0.5, 0.6) is 11.5 Å². The second kappa shape index (κ2) is 9.50. The van der Waals surface area contributed by atoms with E-state index in [0.29, 0.717) is 23.9 Å². The summed E-state index contributed by atoms with van der Waals surface area (Å²) in [4.78, 5) is 20.4. The van der Waals surface area contributed by atoms with Gasteiger partial charge < -0.3 is 20.1 Å². The van der Waals surface area contributed by atoms with Crippen LogP contribution < -0.4 is 20.1 Å². The topological polar surface area (TPSA) is 85.4 Å². The van der Waals surface area contributed by atoms with E-state index in [1.54, 1.807) is 26.4 Å². The lowest BCUT2D eigenvalue weighted by atomic mass is 10.1. The van der Waals surface area contributed by atoms with Crippen molar-refractivity contribution in [1.82, 2.24) is 9.97 Å². The van der Waals surface area contributed by atoms with E-state index < -0.39 is 11.7 Å². The third-order valence-corrected chi connectivity index (χ3v) is 4.17. The number of carbonyl (C=O) groups excluding carboxylic acids is 1. The zero-order valence-corrected chi connectivity index (χ0v) is 16.1. The first-order valence-corrected chi connectivity index (χ1v) is 8.93. The first-order valence-electron chi connectivity index (χ1n) is 8.93. The fourth-order valence-electron chi connectivity index (χ4n) is 2.66. The van der Waals surface area contributed by atoms with Gasteiger partial charge in [0.05, 0.1) is 32.3 Å². The lowest BCUT2D eigenvalue weighted by Crippen LogP contribution is -2.15. The van der Waals surface area contributed by atoms with Crippen molar-refractivity contribution < 1.29 is 18.7 Å². The number of carbonyl (C=O) groups is 1. The van der Waals surface area contributed by atoms with Crippen molar-refractivity contribution in [3.05, 3.63) is 71.9 Å². The fourth-order valence-corrected chi connectivity index (χ4v) is 2.66. The number of ether oxygens (including phenoxy) is 2. The van der Waals surface area contributed by atoms with Crippen LogP contribution in [0.25, 0.3) is 0 Å². The Hall–Kier alpha value is -3.68. The lowest BCUT2D eigenvalue weighted by Gasteiger charge is -2.10. The van der Waals surface area contributed by atoms with Gasteiger partial charge in [-0.05, 0) is 36.2 Å². The number of hydrogen-bond donors (Lipinski definition) is 2. The molecule has 150 valence electrons. The monoisotopic (exact) mass is 396 g/mol. The molecule has 29 heavy (non-hydrogen) atoms. The van der Waals surface area contributed by atoms with Crippen molar-refractivity contribution in [2.75, 3.05) is 31.4 Å². The number of halogens is 1. The smallest absolute Gasteiger partial charge is 0.275 e. The third kappa shape index (κ3) is 5.19. The van der Waals surface area contributed by atoms with E-state index in [-0.39, 0.29) is 11.4 Å². The van der Waals surface area contributed by atoms with Crippen LogP contribution in [-0.2, 0) is 6.42 Å². The Morgan fingerprint density at radius 3 is 2.52 bits per heavy atom. The summed E-state index contributed by atoms with van der Waals surface area (Å²) in [7, 11) is 3.19. The van der Waals surface area contributed by atoms with E-state index in [2.05, 4.69) is 20.6 Å². The number of para-hydroxylation sites is 1. The number of methoxy groups -OCH3 is 2. The molecule has 0 bridgehead atoms. The molecule has 0 radical (unpaired) electrons. The van der Waals surface area contributed by atoms with Crippen molar-refractivity contribution in [2.45, 2.75) is 6.42 Å². The van der Waals surface area contributed by atoms with Crippen molar-refractivity contribution in [1.29, 1.82) is 0 Å². The molecule has 3 rings (SSSR count). The van der Waals surface area contributed by atoms with Crippen molar-refractivity contribution >= 4 is 17.4 Å². The normalized spacial score (nSPS) is 10.3. The van der Waals surface area contributed by atoms with Crippen molar-refractivity contribution in [3.8, 4) is 11.5 Å². The van der Waals surface area contributed by atoms with Gasteiger partial charge in [-0.3, -0.25) is 4.79 Å². The minimum absolute atomic E-state index is 0.0939. The predicted molar refractivity (Wildman–Crippen MR) is 108 cm³/mol. The number of rotatable bonds is 8. The Morgan fingerprint density at radius 2 is 1.83 bits per heavy atom. The zero-order chi connectivity index (χ0) is 20.6. The van der Waals surface area contributed by atoms with E-state index in [1.807, 2.05) is 18.2 Å². The maximum atomic E-state index is 13.6. The number of hydrogen-bond acceptors (Lipinski definition) is 6. The average molecular weight is 396 g/mol. The SMILES string of the molecule is COc1ccc(CCNc2cnc(C(=O)Nc3ccccc3F)cn2)cc1OC. The first kappa shape index (κ1) is 20.1. The molecule has 0 aliphatic rings.